The molecule has 1 aromatic carbocycles. The van der Waals surface area contributed by atoms with Gasteiger partial charge in [-0.05, 0) is 31.7 Å². The van der Waals surface area contributed by atoms with Gasteiger partial charge in [0.15, 0.2) is 0 Å². The molecule has 5 heteroatoms. The summed E-state index contributed by atoms with van der Waals surface area (Å²) in [4.78, 5) is 4.55. The van der Waals surface area contributed by atoms with Gasteiger partial charge >= 0.3 is 0 Å². The molecule has 0 amide bonds. The fraction of sp³-hybridized carbons (Fsp3) is 0.500. The van der Waals surface area contributed by atoms with Crippen LogP contribution in [0.4, 0.5) is 5.13 Å². The van der Waals surface area contributed by atoms with Gasteiger partial charge in [-0.25, -0.2) is 4.98 Å². The normalized spacial score (nSPS) is 17.4. The van der Waals surface area contributed by atoms with Crippen LogP contribution in [-0.4, -0.2) is 27.1 Å². The van der Waals surface area contributed by atoms with E-state index in [-0.39, 0.29) is 12.0 Å². The number of nitrogens with zero attached hydrogens (tertiary/aromatic N) is 2. The van der Waals surface area contributed by atoms with Gasteiger partial charge in [0.25, 0.3) is 0 Å². The number of aliphatic hydroxyl groups excluding tert-OH is 1. The van der Waals surface area contributed by atoms with Crippen LogP contribution < -0.4 is 5.32 Å². The monoisotopic (exact) mass is 303 g/mol. The van der Waals surface area contributed by atoms with Gasteiger partial charge in [-0.15, -0.1) is 0 Å². The molecule has 1 aliphatic carbocycles. The van der Waals surface area contributed by atoms with E-state index in [4.69, 9.17) is 0 Å². The third-order valence-corrected chi connectivity index (χ3v) is 4.47. The highest BCUT2D eigenvalue weighted by molar-refractivity contribution is 7.09. The average Bonchev–Trinajstić information content (AvgIpc) is 3.23. The number of aromatic nitrogens is 2. The van der Waals surface area contributed by atoms with E-state index in [2.05, 4.69) is 26.8 Å². The molecule has 0 spiro atoms. The van der Waals surface area contributed by atoms with Crippen LogP contribution in [0.5, 0.6) is 0 Å². The largest absolute Gasteiger partial charge is 0.393 e. The number of anilines is 1. The number of benzene rings is 1. The highest BCUT2D eigenvalue weighted by Crippen LogP contribution is 2.39. The van der Waals surface area contributed by atoms with Gasteiger partial charge in [0.1, 0.15) is 5.82 Å². The van der Waals surface area contributed by atoms with Crippen LogP contribution in [-0.2, 0) is 0 Å². The SMILES string of the molecule is CC(O)CC(CNc1nc(C2CC2)ns1)c1ccccc1. The fourth-order valence-corrected chi connectivity index (χ4v) is 3.15. The van der Waals surface area contributed by atoms with Gasteiger partial charge in [-0.2, -0.15) is 4.37 Å². The maximum absolute atomic E-state index is 9.71. The zero-order valence-electron chi connectivity index (χ0n) is 12.2. The van der Waals surface area contributed by atoms with Crippen LogP contribution in [0, 0.1) is 0 Å². The second-order valence-electron chi connectivity index (χ2n) is 5.81. The van der Waals surface area contributed by atoms with E-state index in [0.717, 1.165) is 23.9 Å². The van der Waals surface area contributed by atoms with Gasteiger partial charge in [0, 0.05) is 29.9 Å². The van der Waals surface area contributed by atoms with Crippen molar-refractivity contribution in [3.8, 4) is 0 Å². The topological polar surface area (TPSA) is 58.0 Å². The zero-order chi connectivity index (χ0) is 14.7. The molecule has 1 fully saturated rings. The van der Waals surface area contributed by atoms with Crippen LogP contribution in [0.2, 0.25) is 0 Å². The Balaban J connectivity index is 1.63. The first-order chi connectivity index (χ1) is 10.2. The molecule has 112 valence electrons. The summed E-state index contributed by atoms with van der Waals surface area (Å²) in [6, 6.07) is 10.3. The smallest absolute Gasteiger partial charge is 0.202 e. The van der Waals surface area contributed by atoms with Crippen molar-refractivity contribution in [1.29, 1.82) is 0 Å². The maximum Gasteiger partial charge on any atom is 0.202 e. The van der Waals surface area contributed by atoms with E-state index in [1.807, 2.05) is 25.1 Å². The van der Waals surface area contributed by atoms with Crippen molar-refractivity contribution in [1.82, 2.24) is 9.36 Å². The Labute approximate surface area is 129 Å². The van der Waals surface area contributed by atoms with Crippen LogP contribution in [0.15, 0.2) is 30.3 Å². The molecule has 3 rings (SSSR count). The lowest BCUT2D eigenvalue weighted by Gasteiger charge is -2.19. The third-order valence-electron chi connectivity index (χ3n) is 3.78. The summed E-state index contributed by atoms with van der Waals surface area (Å²) >= 11 is 1.44. The van der Waals surface area contributed by atoms with Crippen LogP contribution >= 0.6 is 11.5 Å². The predicted molar refractivity (Wildman–Crippen MR) is 85.9 cm³/mol. The zero-order valence-corrected chi connectivity index (χ0v) is 13.0. The number of nitrogens with one attached hydrogen (secondary N) is 1. The molecule has 0 saturated heterocycles. The molecule has 2 unspecified atom stereocenters. The van der Waals surface area contributed by atoms with E-state index < -0.39 is 0 Å². The molecule has 1 aromatic heterocycles. The van der Waals surface area contributed by atoms with Gasteiger partial charge in [0.2, 0.25) is 5.13 Å². The quantitative estimate of drug-likeness (QED) is 0.823. The Morgan fingerprint density at radius 2 is 2.10 bits per heavy atom. The summed E-state index contributed by atoms with van der Waals surface area (Å²) in [5, 5.41) is 14.0. The summed E-state index contributed by atoms with van der Waals surface area (Å²) in [5.41, 5.74) is 1.25. The third kappa shape index (κ3) is 4.02. The molecule has 1 saturated carbocycles. The molecule has 1 aliphatic rings. The Morgan fingerprint density at radius 1 is 1.33 bits per heavy atom. The molecule has 0 aliphatic heterocycles. The molecular weight excluding hydrogens is 282 g/mol. The van der Waals surface area contributed by atoms with Gasteiger partial charge < -0.3 is 10.4 Å². The van der Waals surface area contributed by atoms with Crippen molar-refractivity contribution in [2.45, 2.75) is 44.1 Å². The lowest BCUT2D eigenvalue weighted by Crippen LogP contribution is -2.17. The van der Waals surface area contributed by atoms with Gasteiger partial charge in [0.05, 0.1) is 6.10 Å². The van der Waals surface area contributed by atoms with Crippen molar-refractivity contribution < 1.29 is 5.11 Å². The second kappa shape index (κ2) is 6.54. The fourth-order valence-electron chi connectivity index (χ4n) is 2.50. The van der Waals surface area contributed by atoms with E-state index in [1.54, 1.807) is 0 Å². The lowest BCUT2D eigenvalue weighted by molar-refractivity contribution is 0.175. The number of aliphatic hydroxyl groups is 1. The van der Waals surface area contributed by atoms with E-state index in [0.29, 0.717) is 5.92 Å². The first kappa shape index (κ1) is 14.5. The minimum Gasteiger partial charge on any atom is -0.393 e. The molecule has 21 heavy (non-hydrogen) atoms. The lowest BCUT2D eigenvalue weighted by atomic mass is 9.93. The molecule has 0 bridgehead atoms. The number of rotatable bonds is 7. The minimum absolute atomic E-state index is 0.277. The van der Waals surface area contributed by atoms with Crippen LogP contribution in [0.3, 0.4) is 0 Å². The molecular formula is C16H21N3OS. The molecule has 2 aromatic rings. The van der Waals surface area contributed by atoms with Crippen molar-refractivity contribution in [2.24, 2.45) is 0 Å². The molecule has 2 N–H and O–H groups in total. The summed E-state index contributed by atoms with van der Waals surface area (Å²) in [5.74, 6) is 1.87. The van der Waals surface area contributed by atoms with Crippen molar-refractivity contribution in [3.63, 3.8) is 0 Å². The standard InChI is InChI=1S/C16H21N3OS/c1-11(20)9-14(12-5-3-2-4-6-12)10-17-16-18-15(19-21-16)13-7-8-13/h2-6,11,13-14,20H,7-10H2,1H3,(H,17,18,19). The van der Waals surface area contributed by atoms with E-state index in [9.17, 15) is 5.11 Å². The predicted octanol–water partition coefficient (Wildman–Crippen LogP) is 3.38. The Morgan fingerprint density at radius 3 is 2.76 bits per heavy atom. The summed E-state index contributed by atoms with van der Waals surface area (Å²) in [7, 11) is 0. The second-order valence-corrected chi connectivity index (χ2v) is 6.56. The molecule has 1 heterocycles. The minimum atomic E-state index is -0.312. The van der Waals surface area contributed by atoms with Crippen molar-refractivity contribution in [2.75, 3.05) is 11.9 Å². The summed E-state index contributed by atoms with van der Waals surface area (Å²) in [6.07, 6.45) is 2.88. The highest BCUT2D eigenvalue weighted by Gasteiger charge is 2.27. The first-order valence-electron chi connectivity index (χ1n) is 7.53. The van der Waals surface area contributed by atoms with Crippen LogP contribution in [0.1, 0.15) is 49.4 Å². The number of hydrogen-bond donors (Lipinski definition) is 2. The summed E-state index contributed by atoms with van der Waals surface area (Å²) in [6.45, 7) is 2.61. The Bertz CT molecular complexity index is 566. The van der Waals surface area contributed by atoms with E-state index >= 15 is 0 Å². The van der Waals surface area contributed by atoms with Gasteiger partial charge in [-0.1, -0.05) is 30.3 Å². The molecule has 2 atom stereocenters. The van der Waals surface area contributed by atoms with Crippen LogP contribution in [0.25, 0.3) is 0 Å². The Kier molecular flexibility index (Phi) is 4.51. The first-order valence-corrected chi connectivity index (χ1v) is 8.30. The average molecular weight is 303 g/mol. The summed E-state index contributed by atoms with van der Waals surface area (Å²) < 4.78 is 4.41. The maximum atomic E-state index is 9.71. The van der Waals surface area contributed by atoms with Crippen molar-refractivity contribution in [3.05, 3.63) is 41.7 Å². The highest BCUT2D eigenvalue weighted by atomic mass is 32.1. The van der Waals surface area contributed by atoms with Gasteiger partial charge in [-0.3, -0.25) is 0 Å². The Hall–Kier alpha value is -1.46. The van der Waals surface area contributed by atoms with Crippen molar-refractivity contribution >= 4 is 16.7 Å². The molecule has 4 nitrogen and oxygen atoms in total. The molecule has 0 radical (unpaired) electrons. The van der Waals surface area contributed by atoms with E-state index in [1.165, 1.54) is 29.9 Å². The number of hydrogen-bond acceptors (Lipinski definition) is 5.